The maximum atomic E-state index is 13.1. The highest BCUT2D eigenvalue weighted by Gasteiger charge is 2.37. The number of anilines is 1. The van der Waals surface area contributed by atoms with Crippen molar-refractivity contribution in [1.29, 1.82) is 0 Å². The number of aromatic nitrogens is 2. The maximum absolute atomic E-state index is 13.1. The monoisotopic (exact) mass is 553 g/mol. The molecule has 0 aliphatic heterocycles. The molecule has 0 saturated heterocycles. The van der Waals surface area contributed by atoms with Gasteiger partial charge in [0.05, 0.1) is 33.3 Å². The SMILES string of the molecule is CC(C)Oc1cc(Oc2ccc(S(=O)(=O)C3CC3)nc2)cc(C(=O)Nc2nc3ccc(C(=O)O)cc3s2)c1. The van der Waals surface area contributed by atoms with E-state index in [0.29, 0.717) is 45.4 Å². The molecule has 1 aliphatic carbocycles. The molecule has 0 unspecified atom stereocenters. The van der Waals surface area contributed by atoms with Crippen LogP contribution < -0.4 is 14.8 Å². The molecule has 4 aromatic rings. The number of nitrogens with zero attached hydrogens (tertiary/aromatic N) is 2. The van der Waals surface area contributed by atoms with E-state index in [9.17, 15) is 23.1 Å². The average Bonchev–Trinajstić information content (AvgIpc) is 3.65. The molecule has 0 spiro atoms. The van der Waals surface area contributed by atoms with Gasteiger partial charge in [0, 0.05) is 11.6 Å². The molecule has 1 amide bonds. The van der Waals surface area contributed by atoms with Crippen LogP contribution >= 0.6 is 11.3 Å². The summed E-state index contributed by atoms with van der Waals surface area (Å²) in [5, 5.41) is 11.9. The fourth-order valence-electron chi connectivity index (χ4n) is 3.66. The van der Waals surface area contributed by atoms with Gasteiger partial charge in [-0.15, -0.1) is 0 Å². The van der Waals surface area contributed by atoms with Crippen molar-refractivity contribution in [3.63, 3.8) is 0 Å². The van der Waals surface area contributed by atoms with E-state index in [-0.39, 0.29) is 27.5 Å². The molecule has 196 valence electrons. The minimum absolute atomic E-state index is 0.00983. The Morgan fingerprint density at radius 3 is 2.45 bits per heavy atom. The van der Waals surface area contributed by atoms with E-state index in [4.69, 9.17) is 9.47 Å². The summed E-state index contributed by atoms with van der Waals surface area (Å²) in [5.74, 6) is -0.518. The van der Waals surface area contributed by atoms with E-state index < -0.39 is 21.7 Å². The van der Waals surface area contributed by atoms with Crippen LogP contribution in [0.4, 0.5) is 5.13 Å². The molecule has 5 rings (SSSR count). The molecule has 0 radical (unpaired) electrons. The van der Waals surface area contributed by atoms with E-state index >= 15 is 0 Å². The third kappa shape index (κ3) is 5.60. The Balaban J connectivity index is 1.38. The molecule has 2 N–H and O–H groups in total. The largest absolute Gasteiger partial charge is 0.491 e. The van der Waals surface area contributed by atoms with Crippen molar-refractivity contribution < 1.29 is 32.6 Å². The molecule has 38 heavy (non-hydrogen) atoms. The molecule has 10 nitrogen and oxygen atoms in total. The summed E-state index contributed by atoms with van der Waals surface area (Å²) >= 11 is 1.16. The molecule has 2 aromatic carbocycles. The highest BCUT2D eigenvalue weighted by Crippen LogP contribution is 2.34. The summed E-state index contributed by atoms with van der Waals surface area (Å²) in [6.07, 6.45) is 2.46. The van der Waals surface area contributed by atoms with Gasteiger partial charge >= 0.3 is 5.97 Å². The highest BCUT2D eigenvalue weighted by atomic mass is 32.2. The molecule has 2 heterocycles. The number of benzene rings is 2. The Morgan fingerprint density at radius 1 is 1.03 bits per heavy atom. The molecular formula is C26H23N3O7S2. The van der Waals surface area contributed by atoms with E-state index in [1.807, 2.05) is 13.8 Å². The van der Waals surface area contributed by atoms with E-state index in [0.717, 1.165) is 11.3 Å². The first-order valence-electron chi connectivity index (χ1n) is 11.7. The van der Waals surface area contributed by atoms with E-state index in [1.54, 1.807) is 18.2 Å². The normalized spacial score (nSPS) is 13.4. The van der Waals surface area contributed by atoms with Gasteiger partial charge in [0.1, 0.15) is 17.2 Å². The van der Waals surface area contributed by atoms with Gasteiger partial charge in [0.2, 0.25) is 0 Å². The van der Waals surface area contributed by atoms with Crippen LogP contribution in [0.15, 0.2) is 59.8 Å². The predicted molar refractivity (Wildman–Crippen MR) is 141 cm³/mol. The Kier molecular flexibility index (Phi) is 6.76. The van der Waals surface area contributed by atoms with Gasteiger partial charge < -0.3 is 14.6 Å². The van der Waals surface area contributed by atoms with Crippen molar-refractivity contribution in [2.75, 3.05) is 5.32 Å². The second-order valence-electron chi connectivity index (χ2n) is 9.00. The maximum Gasteiger partial charge on any atom is 0.335 e. The lowest BCUT2D eigenvalue weighted by Crippen LogP contribution is -2.13. The van der Waals surface area contributed by atoms with Crippen molar-refractivity contribution in [3.8, 4) is 17.2 Å². The molecule has 12 heteroatoms. The number of carboxylic acid groups (broad SMARTS) is 1. The lowest BCUT2D eigenvalue weighted by molar-refractivity contribution is 0.0696. The van der Waals surface area contributed by atoms with Crippen LogP contribution in [-0.2, 0) is 9.84 Å². The predicted octanol–water partition coefficient (Wildman–Crippen LogP) is 5.16. The summed E-state index contributed by atoms with van der Waals surface area (Å²) in [6.45, 7) is 3.70. The molecule has 0 atom stereocenters. The van der Waals surface area contributed by atoms with Crippen molar-refractivity contribution in [2.24, 2.45) is 0 Å². The second-order valence-corrected chi connectivity index (χ2v) is 12.2. The van der Waals surface area contributed by atoms with Crippen LogP contribution in [0.25, 0.3) is 10.2 Å². The second kappa shape index (κ2) is 10.0. The summed E-state index contributed by atoms with van der Waals surface area (Å²) < 4.78 is 37.1. The van der Waals surface area contributed by atoms with Crippen molar-refractivity contribution in [3.05, 3.63) is 65.9 Å². The lowest BCUT2D eigenvalue weighted by Gasteiger charge is -2.14. The van der Waals surface area contributed by atoms with Gasteiger partial charge in [-0.1, -0.05) is 11.3 Å². The van der Waals surface area contributed by atoms with Crippen LogP contribution in [-0.4, -0.2) is 46.7 Å². The van der Waals surface area contributed by atoms with Gasteiger partial charge in [-0.2, -0.15) is 0 Å². The van der Waals surface area contributed by atoms with Crippen molar-refractivity contribution in [1.82, 2.24) is 9.97 Å². The number of nitrogens with one attached hydrogen (secondary N) is 1. The number of ether oxygens (including phenoxy) is 2. The number of hydrogen-bond donors (Lipinski definition) is 2. The molecule has 2 aromatic heterocycles. The van der Waals surface area contributed by atoms with Gasteiger partial charge in [-0.25, -0.2) is 23.2 Å². The topological polar surface area (TPSA) is 145 Å². The summed E-state index contributed by atoms with van der Waals surface area (Å²) in [5.41, 5.74) is 0.937. The number of sulfone groups is 1. The Hall–Kier alpha value is -4.03. The number of rotatable bonds is 9. The van der Waals surface area contributed by atoms with E-state index in [1.165, 1.54) is 36.5 Å². The fourth-order valence-corrected chi connectivity index (χ4v) is 6.12. The molecule has 1 saturated carbocycles. The lowest BCUT2D eigenvalue weighted by atomic mass is 10.2. The third-order valence-electron chi connectivity index (χ3n) is 5.57. The number of aromatic carboxylic acids is 1. The van der Waals surface area contributed by atoms with Crippen LogP contribution in [0.5, 0.6) is 17.2 Å². The average molecular weight is 554 g/mol. The minimum atomic E-state index is -3.41. The number of thiazole rings is 1. The molecular weight excluding hydrogens is 530 g/mol. The van der Waals surface area contributed by atoms with Crippen LogP contribution in [0.3, 0.4) is 0 Å². The zero-order valence-corrected chi connectivity index (χ0v) is 22.0. The molecule has 1 fully saturated rings. The number of carbonyl (C=O) groups excluding carboxylic acids is 1. The van der Waals surface area contributed by atoms with Crippen molar-refractivity contribution in [2.45, 2.75) is 43.1 Å². The summed E-state index contributed by atoms with van der Waals surface area (Å²) in [7, 11) is -3.41. The number of carboxylic acids is 1. The van der Waals surface area contributed by atoms with Crippen molar-refractivity contribution >= 4 is 48.4 Å². The van der Waals surface area contributed by atoms with Gasteiger partial charge in [0.15, 0.2) is 20.0 Å². The first-order valence-corrected chi connectivity index (χ1v) is 14.1. The number of hydrogen-bond acceptors (Lipinski definition) is 9. The fraction of sp³-hybridized carbons (Fsp3) is 0.231. The van der Waals surface area contributed by atoms with Gasteiger partial charge in [0.25, 0.3) is 5.91 Å². The minimum Gasteiger partial charge on any atom is -0.491 e. The zero-order chi connectivity index (χ0) is 27.0. The molecule has 0 bridgehead atoms. The van der Waals surface area contributed by atoms with Crippen LogP contribution in [0.1, 0.15) is 47.4 Å². The number of fused-ring (bicyclic) bond motifs is 1. The smallest absolute Gasteiger partial charge is 0.335 e. The first kappa shape index (κ1) is 25.6. The summed E-state index contributed by atoms with van der Waals surface area (Å²) in [4.78, 5) is 32.8. The number of carbonyl (C=O) groups is 2. The van der Waals surface area contributed by atoms with Crippen LogP contribution in [0, 0.1) is 0 Å². The van der Waals surface area contributed by atoms with Crippen LogP contribution in [0.2, 0.25) is 0 Å². The quantitative estimate of drug-likeness (QED) is 0.287. The zero-order valence-electron chi connectivity index (χ0n) is 20.4. The van der Waals surface area contributed by atoms with Gasteiger partial charge in [-0.05, 0) is 69.2 Å². The van der Waals surface area contributed by atoms with Gasteiger partial charge in [-0.3, -0.25) is 10.1 Å². The number of amides is 1. The Bertz CT molecular complexity index is 1640. The molecule has 1 aliphatic rings. The number of pyridine rings is 1. The third-order valence-corrected chi connectivity index (χ3v) is 8.68. The highest BCUT2D eigenvalue weighted by molar-refractivity contribution is 7.92. The Morgan fingerprint density at radius 2 is 1.79 bits per heavy atom. The Labute approximate surface area is 222 Å². The van der Waals surface area contributed by atoms with E-state index in [2.05, 4.69) is 15.3 Å². The summed E-state index contributed by atoms with van der Waals surface area (Å²) in [6, 6.07) is 12.2. The first-order chi connectivity index (χ1) is 18.1. The standard InChI is InChI=1S/C26H23N3O7S2/c1-14(2)35-18-9-16(24(30)29-26-28-21-7-3-15(25(31)32)11-22(21)37-26)10-19(12-18)36-17-4-8-23(27-13-17)38(33,34)20-5-6-20/h3-4,7-14,20H,5-6H2,1-2H3,(H,31,32)(H,28,29,30).